The molecular weight excluding hydrogens is 464 g/mol. The van der Waals surface area contributed by atoms with Gasteiger partial charge in [0.25, 0.3) is 5.91 Å². The number of carbonyl (C=O) groups excluding carboxylic acids is 2. The first-order valence-electron chi connectivity index (χ1n) is 11.8. The summed E-state index contributed by atoms with van der Waals surface area (Å²) in [4.78, 5) is 24.8. The van der Waals surface area contributed by atoms with Gasteiger partial charge in [-0.3, -0.25) is 9.59 Å². The predicted molar refractivity (Wildman–Crippen MR) is 135 cm³/mol. The number of nitrogens with zero attached hydrogens (tertiary/aromatic N) is 3. The fourth-order valence-corrected chi connectivity index (χ4v) is 4.67. The lowest BCUT2D eigenvalue weighted by Crippen LogP contribution is -2.26. The minimum Gasteiger partial charge on any atom is -0.486 e. The van der Waals surface area contributed by atoms with Crippen LogP contribution in [0.5, 0.6) is 11.5 Å². The van der Waals surface area contributed by atoms with Crippen LogP contribution in [0.25, 0.3) is 0 Å². The first kappa shape index (κ1) is 24.8. The lowest BCUT2D eigenvalue weighted by atomic mass is 10.1. The minimum absolute atomic E-state index is 0.0197. The monoisotopic (exact) mass is 494 g/mol. The van der Waals surface area contributed by atoms with Crippen molar-refractivity contribution in [3.8, 4) is 11.5 Å². The van der Waals surface area contributed by atoms with Crippen LogP contribution in [-0.2, 0) is 24.4 Å². The Morgan fingerprint density at radius 3 is 2.66 bits per heavy atom. The molecule has 1 N–H and O–H groups in total. The largest absolute Gasteiger partial charge is 0.486 e. The van der Waals surface area contributed by atoms with Crippen LogP contribution in [0.4, 0.5) is 5.69 Å². The first-order chi connectivity index (χ1) is 16.8. The highest BCUT2D eigenvalue weighted by molar-refractivity contribution is 8.00. The van der Waals surface area contributed by atoms with Gasteiger partial charge in [-0.2, -0.15) is 0 Å². The van der Waals surface area contributed by atoms with E-state index in [1.807, 2.05) is 23.6 Å². The van der Waals surface area contributed by atoms with Crippen LogP contribution in [0.2, 0.25) is 0 Å². The molecule has 3 aromatic rings. The summed E-state index contributed by atoms with van der Waals surface area (Å²) in [6.45, 7) is 9.20. The van der Waals surface area contributed by atoms with Gasteiger partial charge in [0, 0.05) is 12.1 Å². The summed E-state index contributed by atoms with van der Waals surface area (Å²) >= 11 is 1.37. The number of hydrogen-bond donors (Lipinski definition) is 1. The molecular formula is C26H30N4O4S. The fourth-order valence-electron chi connectivity index (χ4n) is 3.71. The maximum Gasteiger partial charge on any atom is 0.262 e. The summed E-state index contributed by atoms with van der Waals surface area (Å²) in [5, 5.41) is 11.8. The third-order valence-corrected chi connectivity index (χ3v) is 6.67. The van der Waals surface area contributed by atoms with E-state index in [0.717, 1.165) is 12.2 Å². The van der Waals surface area contributed by atoms with Crippen molar-refractivity contribution in [1.82, 2.24) is 14.8 Å². The molecule has 0 saturated heterocycles. The van der Waals surface area contributed by atoms with E-state index in [-0.39, 0.29) is 18.3 Å². The number of carbonyl (C=O) groups is 2. The maximum absolute atomic E-state index is 13.2. The second-order valence-electron chi connectivity index (χ2n) is 8.86. The van der Waals surface area contributed by atoms with E-state index in [1.165, 1.54) is 17.3 Å². The average molecular weight is 495 g/mol. The van der Waals surface area contributed by atoms with Crippen molar-refractivity contribution in [2.24, 2.45) is 5.92 Å². The number of aromatic nitrogens is 3. The molecule has 0 saturated carbocycles. The maximum atomic E-state index is 13.2. The van der Waals surface area contributed by atoms with E-state index < -0.39 is 5.25 Å². The van der Waals surface area contributed by atoms with Crippen molar-refractivity contribution >= 4 is 29.1 Å². The van der Waals surface area contributed by atoms with E-state index in [2.05, 4.69) is 48.4 Å². The molecule has 35 heavy (non-hydrogen) atoms. The van der Waals surface area contributed by atoms with Crippen molar-refractivity contribution in [2.45, 2.75) is 57.7 Å². The smallest absolute Gasteiger partial charge is 0.262 e. The molecule has 4 rings (SSSR count). The second kappa shape index (κ2) is 10.9. The molecule has 1 amide bonds. The molecule has 1 atom stereocenters. The van der Waals surface area contributed by atoms with Crippen LogP contribution in [-0.4, -0.2) is 38.3 Å². The molecule has 0 fully saturated rings. The quantitative estimate of drug-likeness (QED) is 0.320. The van der Waals surface area contributed by atoms with E-state index in [0.29, 0.717) is 47.1 Å². The zero-order valence-electron chi connectivity index (χ0n) is 20.4. The third kappa shape index (κ3) is 6.03. The van der Waals surface area contributed by atoms with Gasteiger partial charge < -0.3 is 19.4 Å². The van der Waals surface area contributed by atoms with E-state index in [1.54, 1.807) is 18.2 Å². The molecule has 9 heteroatoms. The van der Waals surface area contributed by atoms with Gasteiger partial charge in [0.15, 0.2) is 23.4 Å². The van der Waals surface area contributed by atoms with Crippen LogP contribution in [0.15, 0.2) is 47.6 Å². The molecule has 0 unspecified atom stereocenters. The van der Waals surface area contributed by atoms with Gasteiger partial charge in [0.2, 0.25) is 0 Å². The predicted octanol–water partition coefficient (Wildman–Crippen LogP) is 4.77. The van der Waals surface area contributed by atoms with E-state index in [9.17, 15) is 9.59 Å². The standard InChI is InChI=1S/C26H30N4O4S/c1-5-18-6-9-20(10-7-18)33-14-23-28-29-26(30(23)13-16(2)3)35-17(4)25(32)19-8-11-22-21(12-19)27-24(31)15-34-22/h6-12,16-17H,5,13-15H2,1-4H3,(H,27,31)/t17-/m1/s1. The summed E-state index contributed by atoms with van der Waals surface area (Å²) in [6.07, 6.45) is 0.981. The number of thioether (sulfide) groups is 1. The minimum atomic E-state index is -0.404. The third-order valence-electron chi connectivity index (χ3n) is 5.59. The number of nitrogens with one attached hydrogen (secondary N) is 1. The van der Waals surface area contributed by atoms with Crippen molar-refractivity contribution in [3.05, 3.63) is 59.4 Å². The number of Topliss-reactive ketones (excluding diaryl/α,β-unsaturated/α-hetero) is 1. The summed E-state index contributed by atoms with van der Waals surface area (Å²) in [7, 11) is 0. The Balaban J connectivity index is 1.47. The van der Waals surface area contributed by atoms with Crippen molar-refractivity contribution in [2.75, 3.05) is 11.9 Å². The normalized spacial score (nSPS) is 13.7. The number of ether oxygens (including phenoxy) is 2. The summed E-state index contributed by atoms with van der Waals surface area (Å²) < 4.78 is 13.4. The Hall–Kier alpha value is -3.33. The zero-order chi connectivity index (χ0) is 24.9. The van der Waals surface area contributed by atoms with Gasteiger partial charge in [0.05, 0.1) is 10.9 Å². The Kier molecular flexibility index (Phi) is 7.75. The van der Waals surface area contributed by atoms with Gasteiger partial charge >= 0.3 is 0 Å². The second-order valence-corrected chi connectivity index (χ2v) is 10.2. The SMILES string of the molecule is CCc1ccc(OCc2nnc(S[C@H](C)C(=O)c3ccc4c(c3)NC(=O)CO4)n2CC(C)C)cc1. The number of fused-ring (bicyclic) bond motifs is 1. The Bertz CT molecular complexity index is 1210. The van der Waals surface area contributed by atoms with Crippen molar-refractivity contribution < 1.29 is 19.1 Å². The number of anilines is 1. The van der Waals surface area contributed by atoms with Gasteiger partial charge in [-0.25, -0.2) is 0 Å². The lowest BCUT2D eigenvalue weighted by molar-refractivity contribution is -0.118. The molecule has 0 spiro atoms. The molecule has 2 aromatic carbocycles. The van der Waals surface area contributed by atoms with E-state index in [4.69, 9.17) is 9.47 Å². The first-order valence-corrected chi connectivity index (χ1v) is 12.6. The fraction of sp³-hybridized carbons (Fsp3) is 0.385. The number of hydrogen-bond acceptors (Lipinski definition) is 7. The molecule has 8 nitrogen and oxygen atoms in total. The highest BCUT2D eigenvalue weighted by atomic mass is 32.2. The Morgan fingerprint density at radius 2 is 1.94 bits per heavy atom. The number of aryl methyl sites for hydroxylation is 1. The van der Waals surface area contributed by atoms with Gasteiger partial charge in [-0.05, 0) is 55.2 Å². The van der Waals surface area contributed by atoms with Crippen LogP contribution >= 0.6 is 11.8 Å². The Labute approximate surface area is 209 Å². The lowest BCUT2D eigenvalue weighted by Gasteiger charge is -2.19. The van der Waals surface area contributed by atoms with Gasteiger partial charge in [-0.1, -0.05) is 44.7 Å². The van der Waals surface area contributed by atoms with E-state index >= 15 is 0 Å². The molecule has 184 valence electrons. The van der Waals surface area contributed by atoms with Gasteiger partial charge in [0.1, 0.15) is 18.1 Å². The molecule has 0 radical (unpaired) electrons. The van der Waals surface area contributed by atoms with Crippen molar-refractivity contribution in [3.63, 3.8) is 0 Å². The number of rotatable bonds is 10. The highest BCUT2D eigenvalue weighted by Gasteiger charge is 2.24. The van der Waals surface area contributed by atoms with Gasteiger partial charge in [-0.15, -0.1) is 10.2 Å². The summed E-state index contributed by atoms with van der Waals surface area (Å²) in [5.74, 6) is 2.12. The summed E-state index contributed by atoms with van der Waals surface area (Å²) in [5.41, 5.74) is 2.27. The summed E-state index contributed by atoms with van der Waals surface area (Å²) in [6, 6.07) is 13.1. The van der Waals surface area contributed by atoms with Crippen LogP contribution in [0.3, 0.4) is 0 Å². The Morgan fingerprint density at radius 1 is 1.17 bits per heavy atom. The number of ketones is 1. The molecule has 2 heterocycles. The molecule has 1 aliphatic heterocycles. The zero-order valence-corrected chi connectivity index (χ0v) is 21.2. The molecule has 0 aliphatic carbocycles. The molecule has 1 aliphatic rings. The molecule has 0 bridgehead atoms. The number of benzene rings is 2. The van der Waals surface area contributed by atoms with Crippen LogP contribution in [0.1, 0.15) is 49.4 Å². The molecule has 1 aromatic heterocycles. The highest BCUT2D eigenvalue weighted by Crippen LogP contribution is 2.31. The average Bonchev–Trinajstić information content (AvgIpc) is 3.22. The van der Waals surface area contributed by atoms with Crippen molar-refractivity contribution in [1.29, 1.82) is 0 Å². The topological polar surface area (TPSA) is 95.3 Å². The van der Waals surface area contributed by atoms with Crippen LogP contribution < -0.4 is 14.8 Å². The number of amides is 1. The van der Waals surface area contributed by atoms with Crippen LogP contribution in [0, 0.1) is 5.92 Å².